The molecule has 0 fully saturated rings. The van der Waals surface area contributed by atoms with Gasteiger partial charge in [0.25, 0.3) is 0 Å². The van der Waals surface area contributed by atoms with Gasteiger partial charge in [-0.05, 0) is 145 Å². The topological polar surface area (TPSA) is 0 Å². The normalized spacial score (nSPS) is 11.7. The predicted octanol–water partition coefficient (Wildman–Crippen LogP) is 14.3. The lowest BCUT2D eigenvalue weighted by atomic mass is 9.87. The van der Waals surface area contributed by atoms with Crippen molar-refractivity contribution in [1.29, 1.82) is 0 Å². The first-order chi connectivity index (χ1) is 32.2. The first kappa shape index (κ1) is 38.6. The standard InChI is InChI=1S/C64H44Si/c1-5-18-47(19-6-1)61-41-49-21-15-16-22-50(49)42-62(61)53-34-38-60-59-37-33-51(40-54(59)44-63(64(60)43-53)52-30-29-45-17-13-14-20-48(45)39-52)46-31-35-58(36-32-46)65(55-23-7-2-8-24-55,56-25-9-3-10-26-56)57-27-11-4-12-28-57/h1-44H. The Morgan fingerprint density at radius 2 is 0.585 bits per heavy atom. The van der Waals surface area contributed by atoms with Crippen LogP contribution in [-0.2, 0) is 0 Å². The van der Waals surface area contributed by atoms with Crippen molar-refractivity contribution >= 4 is 71.9 Å². The molecule has 0 radical (unpaired) electrons. The monoisotopic (exact) mass is 840 g/mol. The van der Waals surface area contributed by atoms with E-state index in [0.717, 1.165) is 0 Å². The summed E-state index contributed by atoms with van der Waals surface area (Å²) in [4.78, 5) is 0. The van der Waals surface area contributed by atoms with Gasteiger partial charge in [-0.25, -0.2) is 0 Å². The van der Waals surface area contributed by atoms with Crippen LogP contribution in [0.1, 0.15) is 0 Å². The molecule has 12 aromatic carbocycles. The van der Waals surface area contributed by atoms with Crippen molar-refractivity contribution < 1.29 is 0 Å². The first-order valence-corrected chi connectivity index (χ1v) is 24.6. The Kier molecular flexibility index (Phi) is 9.63. The van der Waals surface area contributed by atoms with Gasteiger partial charge < -0.3 is 0 Å². The zero-order valence-corrected chi connectivity index (χ0v) is 36.9. The summed E-state index contributed by atoms with van der Waals surface area (Å²) in [5, 5.41) is 15.5. The van der Waals surface area contributed by atoms with E-state index in [-0.39, 0.29) is 0 Å². The zero-order valence-electron chi connectivity index (χ0n) is 35.9. The number of fused-ring (bicyclic) bond motifs is 5. The third-order valence-corrected chi connectivity index (χ3v) is 18.4. The highest BCUT2D eigenvalue weighted by molar-refractivity contribution is 7.19. The predicted molar refractivity (Wildman–Crippen MR) is 282 cm³/mol. The van der Waals surface area contributed by atoms with Crippen molar-refractivity contribution in [2.45, 2.75) is 0 Å². The lowest BCUT2D eigenvalue weighted by Gasteiger charge is -2.34. The summed E-state index contributed by atoms with van der Waals surface area (Å²) in [5.41, 5.74) is 9.77. The highest BCUT2D eigenvalue weighted by Crippen LogP contribution is 2.42. The molecule has 0 saturated carbocycles. The molecule has 0 aliphatic rings. The molecule has 12 aromatic rings. The highest BCUT2D eigenvalue weighted by atomic mass is 28.3. The fourth-order valence-corrected chi connectivity index (χ4v) is 15.2. The molecule has 0 saturated heterocycles. The molecule has 0 N–H and O–H groups in total. The molecule has 304 valence electrons. The average molecular weight is 841 g/mol. The van der Waals surface area contributed by atoms with Gasteiger partial charge in [-0.3, -0.25) is 0 Å². The smallest absolute Gasteiger partial charge is 0.0623 e. The molecule has 0 aliphatic carbocycles. The van der Waals surface area contributed by atoms with Gasteiger partial charge in [0.15, 0.2) is 8.07 Å². The third kappa shape index (κ3) is 6.77. The van der Waals surface area contributed by atoms with Crippen molar-refractivity contribution in [3.05, 3.63) is 267 Å². The molecule has 65 heavy (non-hydrogen) atoms. The largest absolute Gasteiger partial charge is 0.179 e. The summed E-state index contributed by atoms with van der Waals surface area (Å²) >= 11 is 0. The molecule has 0 bridgehead atoms. The molecule has 0 atom stereocenters. The van der Waals surface area contributed by atoms with Crippen LogP contribution in [0.15, 0.2) is 267 Å². The fourth-order valence-electron chi connectivity index (χ4n) is 10.4. The fraction of sp³-hybridized carbons (Fsp3) is 0. The Labute approximate surface area is 381 Å². The Bertz CT molecular complexity index is 3570. The molecule has 0 aromatic heterocycles. The molecule has 0 aliphatic heterocycles. The van der Waals surface area contributed by atoms with E-state index in [2.05, 4.69) is 267 Å². The van der Waals surface area contributed by atoms with E-state index in [0.29, 0.717) is 0 Å². The first-order valence-electron chi connectivity index (χ1n) is 22.6. The number of rotatable bonds is 8. The van der Waals surface area contributed by atoms with E-state index < -0.39 is 8.07 Å². The van der Waals surface area contributed by atoms with E-state index in [1.165, 1.54) is 108 Å². The summed E-state index contributed by atoms with van der Waals surface area (Å²) in [6.45, 7) is 0. The van der Waals surface area contributed by atoms with E-state index in [9.17, 15) is 0 Å². The Hall–Kier alpha value is -8.10. The summed E-state index contributed by atoms with van der Waals surface area (Å²) in [5.74, 6) is 0. The van der Waals surface area contributed by atoms with Crippen LogP contribution >= 0.6 is 0 Å². The van der Waals surface area contributed by atoms with Crippen molar-refractivity contribution in [3.63, 3.8) is 0 Å². The van der Waals surface area contributed by atoms with Gasteiger partial charge >= 0.3 is 0 Å². The van der Waals surface area contributed by atoms with E-state index in [1.54, 1.807) is 0 Å². The SMILES string of the molecule is c1ccc(-c2cc3ccccc3cc2-c2ccc3c(c2)c(-c2ccc4ccccc4c2)cc2cc(-c4ccc([Si](c5ccccc5)(c5ccccc5)c5ccccc5)cc4)ccc23)cc1. The molecular weight excluding hydrogens is 797 g/mol. The molecule has 0 heterocycles. The summed E-state index contributed by atoms with van der Waals surface area (Å²) in [6, 6.07) is 99.4. The summed E-state index contributed by atoms with van der Waals surface area (Å²) < 4.78 is 0. The van der Waals surface area contributed by atoms with Gasteiger partial charge in [0, 0.05) is 0 Å². The van der Waals surface area contributed by atoms with Crippen LogP contribution in [-0.4, -0.2) is 8.07 Å². The van der Waals surface area contributed by atoms with Gasteiger partial charge in [0.1, 0.15) is 0 Å². The van der Waals surface area contributed by atoms with Crippen LogP contribution in [0, 0.1) is 0 Å². The van der Waals surface area contributed by atoms with Crippen LogP contribution in [0.3, 0.4) is 0 Å². The quantitative estimate of drug-likeness (QED) is 0.0812. The lowest BCUT2D eigenvalue weighted by Crippen LogP contribution is -2.74. The van der Waals surface area contributed by atoms with Gasteiger partial charge in [-0.15, -0.1) is 0 Å². The molecule has 12 rings (SSSR count). The van der Waals surface area contributed by atoms with Crippen LogP contribution in [0.4, 0.5) is 0 Å². The molecule has 0 spiro atoms. The second kappa shape index (κ2) is 16.2. The van der Waals surface area contributed by atoms with Gasteiger partial charge in [0.2, 0.25) is 0 Å². The van der Waals surface area contributed by atoms with Crippen LogP contribution in [0.5, 0.6) is 0 Å². The van der Waals surface area contributed by atoms with Crippen LogP contribution in [0.25, 0.3) is 87.6 Å². The highest BCUT2D eigenvalue weighted by Gasteiger charge is 2.41. The van der Waals surface area contributed by atoms with Gasteiger partial charge in [-0.1, -0.05) is 231 Å². The number of hydrogen-bond acceptors (Lipinski definition) is 0. The second-order valence-corrected chi connectivity index (χ2v) is 21.0. The third-order valence-electron chi connectivity index (χ3n) is 13.6. The van der Waals surface area contributed by atoms with Crippen LogP contribution < -0.4 is 20.7 Å². The number of hydrogen-bond donors (Lipinski definition) is 0. The minimum absolute atomic E-state index is 1.21. The van der Waals surface area contributed by atoms with Crippen molar-refractivity contribution in [3.8, 4) is 44.5 Å². The molecular formula is C64H44Si. The molecule has 0 amide bonds. The van der Waals surface area contributed by atoms with Gasteiger partial charge in [-0.2, -0.15) is 0 Å². The summed E-state index contributed by atoms with van der Waals surface area (Å²) in [7, 11) is -2.63. The summed E-state index contributed by atoms with van der Waals surface area (Å²) in [6.07, 6.45) is 0. The molecule has 0 nitrogen and oxygen atoms in total. The molecule has 0 unspecified atom stereocenters. The van der Waals surface area contributed by atoms with Crippen LogP contribution in [0.2, 0.25) is 0 Å². The van der Waals surface area contributed by atoms with E-state index >= 15 is 0 Å². The average Bonchev–Trinajstić information content (AvgIpc) is 3.39. The Balaban J connectivity index is 1.03. The van der Waals surface area contributed by atoms with Crippen molar-refractivity contribution in [2.75, 3.05) is 0 Å². The Morgan fingerprint density at radius 3 is 1.18 bits per heavy atom. The zero-order chi connectivity index (χ0) is 43.2. The Morgan fingerprint density at radius 1 is 0.185 bits per heavy atom. The minimum Gasteiger partial charge on any atom is -0.0623 e. The van der Waals surface area contributed by atoms with E-state index in [1.807, 2.05) is 0 Å². The molecule has 1 heteroatoms. The number of benzene rings is 12. The maximum atomic E-state index is 2.44. The maximum absolute atomic E-state index is 2.63. The van der Waals surface area contributed by atoms with Gasteiger partial charge in [0.05, 0.1) is 0 Å². The van der Waals surface area contributed by atoms with Crippen molar-refractivity contribution in [1.82, 2.24) is 0 Å². The maximum Gasteiger partial charge on any atom is 0.179 e. The second-order valence-electron chi connectivity index (χ2n) is 17.2. The van der Waals surface area contributed by atoms with E-state index in [4.69, 9.17) is 0 Å². The minimum atomic E-state index is -2.63. The lowest BCUT2D eigenvalue weighted by molar-refractivity contribution is 1.61. The van der Waals surface area contributed by atoms with Crippen molar-refractivity contribution in [2.24, 2.45) is 0 Å².